The molecular formula is C16H26N2O2S. The molecule has 0 aliphatic carbocycles. The minimum Gasteiger partial charge on any atom is -0.497 e. The molecule has 0 heterocycles. The van der Waals surface area contributed by atoms with E-state index in [0.29, 0.717) is 12.5 Å². The van der Waals surface area contributed by atoms with Crippen molar-refractivity contribution in [1.29, 1.82) is 0 Å². The Hall–Kier alpha value is -1.20. The Bertz CT molecular complexity index is 423. The predicted octanol–water partition coefficient (Wildman–Crippen LogP) is 2.07. The lowest BCUT2D eigenvalue weighted by Gasteiger charge is -2.16. The molecule has 1 aromatic rings. The van der Waals surface area contributed by atoms with Crippen molar-refractivity contribution in [2.24, 2.45) is 11.7 Å². The first-order chi connectivity index (χ1) is 10.1. The van der Waals surface area contributed by atoms with E-state index < -0.39 is 6.04 Å². The first kappa shape index (κ1) is 17.9. The summed E-state index contributed by atoms with van der Waals surface area (Å²) in [6.45, 7) is 2.77. The second kappa shape index (κ2) is 9.68. The third-order valence-electron chi connectivity index (χ3n) is 3.34. The van der Waals surface area contributed by atoms with Gasteiger partial charge in [0, 0.05) is 6.54 Å². The highest BCUT2D eigenvalue weighted by atomic mass is 32.2. The van der Waals surface area contributed by atoms with Crippen LogP contribution in [0.25, 0.3) is 0 Å². The molecule has 2 unspecified atom stereocenters. The maximum absolute atomic E-state index is 11.8. The van der Waals surface area contributed by atoms with Crippen LogP contribution in [0.4, 0.5) is 0 Å². The fourth-order valence-electron chi connectivity index (χ4n) is 2.02. The smallest absolute Gasteiger partial charge is 0.236 e. The van der Waals surface area contributed by atoms with Crippen LogP contribution in [-0.2, 0) is 11.2 Å². The molecule has 1 rings (SSSR count). The van der Waals surface area contributed by atoms with E-state index in [1.165, 1.54) is 5.56 Å². The highest BCUT2D eigenvalue weighted by molar-refractivity contribution is 7.98. The average molecular weight is 310 g/mol. The summed E-state index contributed by atoms with van der Waals surface area (Å²) in [5.74, 6) is 2.09. The molecular weight excluding hydrogens is 284 g/mol. The summed E-state index contributed by atoms with van der Waals surface area (Å²) in [5.41, 5.74) is 7.07. The highest BCUT2D eigenvalue weighted by Crippen LogP contribution is 2.14. The van der Waals surface area contributed by atoms with Crippen LogP contribution in [-0.4, -0.2) is 37.6 Å². The van der Waals surface area contributed by atoms with Crippen molar-refractivity contribution < 1.29 is 9.53 Å². The first-order valence-corrected chi connectivity index (χ1v) is 8.61. The molecule has 0 bridgehead atoms. The Morgan fingerprint density at radius 1 is 1.38 bits per heavy atom. The Kier molecular flexibility index (Phi) is 8.23. The normalized spacial score (nSPS) is 13.5. The third-order valence-corrected chi connectivity index (χ3v) is 3.98. The van der Waals surface area contributed by atoms with E-state index in [1.54, 1.807) is 18.9 Å². The number of hydrogen-bond donors (Lipinski definition) is 2. The quantitative estimate of drug-likeness (QED) is 0.733. The molecule has 0 saturated heterocycles. The van der Waals surface area contributed by atoms with E-state index in [-0.39, 0.29) is 5.91 Å². The Morgan fingerprint density at radius 3 is 2.62 bits per heavy atom. The molecule has 0 radical (unpaired) electrons. The number of nitrogens with one attached hydrogen (secondary N) is 1. The van der Waals surface area contributed by atoms with Gasteiger partial charge in [-0.1, -0.05) is 19.1 Å². The Balaban J connectivity index is 2.32. The van der Waals surface area contributed by atoms with Crippen LogP contribution in [0.2, 0.25) is 0 Å². The zero-order valence-electron chi connectivity index (χ0n) is 13.1. The lowest BCUT2D eigenvalue weighted by atomic mass is 10.0. The van der Waals surface area contributed by atoms with E-state index in [9.17, 15) is 4.79 Å². The number of carbonyl (C=O) groups is 1. The fourth-order valence-corrected chi connectivity index (χ4v) is 2.51. The van der Waals surface area contributed by atoms with Crippen molar-refractivity contribution in [2.45, 2.75) is 25.8 Å². The molecule has 4 nitrogen and oxygen atoms in total. The van der Waals surface area contributed by atoms with Crippen molar-refractivity contribution >= 4 is 17.7 Å². The van der Waals surface area contributed by atoms with Crippen LogP contribution in [0, 0.1) is 5.92 Å². The van der Waals surface area contributed by atoms with Gasteiger partial charge >= 0.3 is 0 Å². The molecule has 0 aliphatic heterocycles. The second-order valence-corrected chi connectivity index (χ2v) is 6.28. The number of thioether (sulfide) groups is 1. The van der Waals surface area contributed by atoms with Crippen LogP contribution < -0.4 is 15.8 Å². The largest absolute Gasteiger partial charge is 0.497 e. The van der Waals surface area contributed by atoms with Crippen LogP contribution in [0.15, 0.2) is 24.3 Å². The van der Waals surface area contributed by atoms with Gasteiger partial charge in [-0.2, -0.15) is 11.8 Å². The second-order valence-electron chi connectivity index (χ2n) is 5.29. The van der Waals surface area contributed by atoms with Crippen LogP contribution in [0.1, 0.15) is 18.9 Å². The molecule has 0 fully saturated rings. The van der Waals surface area contributed by atoms with Gasteiger partial charge in [0.25, 0.3) is 0 Å². The minimum absolute atomic E-state index is 0.0503. The van der Waals surface area contributed by atoms with Crippen LogP contribution in [0.5, 0.6) is 5.75 Å². The van der Waals surface area contributed by atoms with Crippen molar-refractivity contribution in [3.05, 3.63) is 29.8 Å². The van der Waals surface area contributed by atoms with Gasteiger partial charge in [0.05, 0.1) is 13.2 Å². The molecule has 21 heavy (non-hydrogen) atoms. The predicted molar refractivity (Wildman–Crippen MR) is 89.8 cm³/mol. The first-order valence-electron chi connectivity index (χ1n) is 7.22. The summed E-state index contributed by atoms with van der Waals surface area (Å²) in [5, 5.41) is 2.94. The zero-order chi connectivity index (χ0) is 15.7. The number of hydrogen-bond acceptors (Lipinski definition) is 4. The molecule has 1 amide bonds. The summed E-state index contributed by atoms with van der Waals surface area (Å²) in [6.07, 6.45) is 3.66. The van der Waals surface area contributed by atoms with Gasteiger partial charge in [-0.15, -0.1) is 0 Å². The Morgan fingerprint density at radius 2 is 2.05 bits per heavy atom. The monoisotopic (exact) mass is 310 g/mol. The van der Waals surface area contributed by atoms with Crippen LogP contribution in [0.3, 0.4) is 0 Å². The molecule has 3 N–H and O–H groups in total. The van der Waals surface area contributed by atoms with Gasteiger partial charge < -0.3 is 15.8 Å². The van der Waals surface area contributed by atoms with Gasteiger partial charge in [0.15, 0.2) is 0 Å². The number of benzene rings is 1. The van der Waals surface area contributed by atoms with Gasteiger partial charge in [0.1, 0.15) is 5.75 Å². The standard InChI is InChI=1S/C16H26N2O2S/c1-12(10-13-4-6-14(20-2)7-5-13)11-18-16(19)15(17)8-9-21-3/h4-7,12,15H,8-11,17H2,1-3H3,(H,18,19). The molecule has 1 aromatic carbocycles. The lowest BCUT2D eigenvalue weighted by molar-refractivity contribution is -0.122. The summed E-state index contributed by atoms with van der Waals surface area (Å²) >= 11 is 1.71. The SMILES string of the molecule is COc1ccc(CC(C)CNC(=O)C(N)CCSC)cc1. The Labute approximate surface area is 131 Å². The zero-order valence-corrected chi connectivity index (χ0v) is 13.9. The minimum atomic E-state index is -0.398. The van der Waals surface area contributed by atoms with Gasteiger partial charge in [-0.05, 0) is 48.5 Å². The number of ether oxygens (including phenoxy) is 1. The molecule has 0 aliphatic rings. The number of carbonyl (C=O) groups excluding carboxylic acids is 1. The number of methoxy groups -OCH3 is 1. The van der Waals surface area contributed by atoms with Gasteiger partial charge in [-0.25, -0.2) is 0 Å². The molecule has 0 saturated carbocycles. The highest BCUT2D eigenvalue weighted by Gasteiger charge is 2.13. The van der Waals surface area contributed by atoms with Crippen molar-refractivity contribution in [2.75, 3.05) is 25.7 Å². The number of nitrogens with two attached hydrogens (primary N) is 1. The molecule has 118 valence electrons. The van der Waals surface area contributed by atoms with E-state index in [2.05, 4.69) is 24.4 Å². The van der Waals surface area contributed by atoms with Gasteiger partial charge in [0.2, 0.25) is 5.91 Å². The number of amides is 1. The topological polar surface area (TPSA) is 64.3 Å². The fraction of sp³-hybridized carbons (Fsp3) is 0.562. The van der Waals surface area contributed by atoms with Crippen molar-refractivity contribution in [3.63, 3.8) is 0 Å². The van der Waals surface area contributed by atoms with Gasteiger partial charge in [-0.3, -0.25) is 4.79 Å². The molecule has 0 spiro atoms. The third kappa shape index (κ3) is 6.87. The molecule has 5 heteroatoms. The van der Waals surface area contributed by atoms with E-state index >= 15 is 0 Å². The van der Waals surface area contributed by atoms with Crippen LogP contribution >= 0.6 is 11.8 Å². The maximum atomic E-state index is 11.8. The molecule has 0 aromatic heterocycles. The summed E-state index contributed by atoms with van der Waals surface area (Å²) < 4.78 is 5.14. The lowest BCUT2D eigenvalue weighted by Crippen LogP contribution is -2.42. The molecule has 2 atom stereocenters. The number of rotatable bonds is 9. The summed E-state index contributed by atoms with van der Waals surface area (Å²) in [6, 6.07) is 7.63. The van der Waals surface area contributed by atoms with Crippen molar-refractivity contribution in [3.8, 4) is 5.75 Å². The van der Waals surface area contributed by atoms with E-state index in [4.69, 9.17) is 10.5 Å². The summed E-state index contributed by atoms with van der Waals surface area (Å²) in [7, 11) is 1.66. The maximum Gasteiger partial charge on any atom is 0.236 e. The van der Waals surface area contributed by atoms with Crippen molar-refractivity contribution in [1.82, 2.24) is 5.32 Å². The van der Waals surface area contributed by atoms with E-state index in [1.807, 2.05) is 18.4 Å². The average Bonchev–Trinajstić information content (AvgIpc) is 2.50. The summed E-state index contributed by atoms with van der Waals surface area (Å²) in [4.78, 5) is 11.8. The van der Waals surface area contributed by atoms with E-state index in [0.717, 1.165) is 24.3 Å².